The van der Waals surface area contributed by atoms with E-state index >= 15 is 0 Å². The number of anilines is 1. The molecule has 0 spiro atoms. The van der Waals surface area contributed by atoms with Crippen molar-refractivity contribution in [1.29, 1.82) is 0 Å². The third-order valence-electron chi connectivity index (χ3n) is 6.47. The Morgan fingerprint density at radius 2 is 1.58 bits per heavy atom. The maximum absolute atomic E-state index is 13.6. The van der Waals surface area contributed by atoms with E-state index in [4.69, 9.17) is 0 Å². The number of hydrogen-bond acceptors (Lipinski definition) is 4. The van der Waals surface area contributed by atoms with Crippen LogP contribution in [0.1, 0.15) is 33.6 Å². The van der Waals surface area contributed by atoms with E-state index < -0.39 is 22.5 Å². The molecule has 0 fully saturated rings. The summed E-state index contributed by atoms with van der Waals surface area (Å²) in [7, 11) is -3.99. The van der Waals surface area contributed by atoms with Crippen LogP contribution in [0.15, 0.2) is 88.9 Å². The topological polar surface area (TPSA) is 83.8 Å². The molecule has 0 aliphatic carbocycles. The zero-order chi connectivity index (χ0) is 27.4. The largest absolute Gasteiger partial charge is 0.318 e. The molecule has 0 aliphatic rings. The predicted octanol–water partition coefficient (Wildman–Crippen LogP) is 5.37. The Morgan fingerprint density at radius 1 is 0.895 bits per heavy atom. The van der Waals surface area contributed by atoms with Gasteiger partial charge in [-0.25, -0.2) is 13.8 Å². The maximum Gasteiger partial charge on any atom is 0.264 e. The number of carbonyl (C=O) groups is 1. The number of nitrogens with one attached hydrogen (secondary N) is 1. The number of nitrogens with zero attached hydrogens (tertiary/aromatic N) is 3. The van der Waals surface area contributed by atoms with E-state index in [1.165, 1.54) is 12.1 Å². The molecule has 8 heteroatoms. The molecule has 38 heavy (non-hydrogen) atoms. The highest BCUT2D eigenvalue weighted by atomic mass is 32.2. The van der Waals surface area contributed by atoms with Crippen molar-refractivity contribution in [3.8, 4) is 5.69 Å². The highest BCUT2D eigenvalue weighted by molar-refractivity contribution is 7.92. The van der Waals surface area contributed by atoms with Crippen LogP contribution in [-0.2, 0) is 14.8 Å². The summed E-state index contributed by atoms with van der Waals surface area (Å²) in [5.41, 5.74) is 9.72. The number of rotatable bonds is 8. The lowest BCUT2D eigenvalue weighted by atomic mass is 10.1. The molecule has 0 saturated carbocycles. The number of hydrazone groups is 1. The molecule has 1 aromatic heterocycles. The van der Waals surface area contributed by atoms with Crippen LogP contribution >= 0.6 is 0 Å². The second-order valence-electron chi connectivity index (χ2n) is 9.36. The summed E-state index contributed by atoms with van der Waals surface area (Å²) in [6, 6.07) is 23.8. The second kappa shape index (κ2) is 11.1. The minimum Gasteiger partial charge on any atom is -0.318 e. The summed E-state index contributed by atoms with van der Waals surface area (Å²) in [6.45, 7) is 9.37. The van der Waals surface area contributed by atoms with E-state index in [-0.39, 0.29) is 4.90 Å². The molecular weight excluding hydrogens is 496 g/mol. The third-order valence-corrected chi connectivity index (χ3v) is 8.25. The lowest BCUT2D eigenvalue weighted by molar-refractivity contribution is -0.119. The zero-order valence-corrected chi connectivity index (χ0v) is 23.1. The average Bonchev–Trinajstić information content (AvgIpc) is 3.17. The number of aryl methyl sites for hydroxylation is 4. The molecule has 7 nitrogen and oxygen atoms in total. The Kier molecular flexibility index (Phi) is 7.83. The normalized spacial score (nSPS) is 11.6. The van der Waals surface area contributed by atoms with Crippen molar-refractivity contribution >= 4 is 27.8 Å². The Bertz CT molecular complexity index is 1610. The van der Waals surface area contributed by atoms with E-state index in [9.17, 15) is 13.2 Å². The van der Waals surface area contributed by atoms with Gasteiger partial charge in [0.05, 0.1) is 16.8 Å². The number of hydrogen-bond donors (Lipinski definition) is 1. The van der Waals surface area contributed by atoms with Crippen molar-refractivity contribution in [3.63, 3.8) is 0 Å². The molecule has 0 radical (unpaired) electrons. The van der Waals surface area contributed by atoms with Gasteiger partial charge in [-0.15, -0.1) is 0 Å². The lowest BCUT2D eigenvalue weighted by Gasteiger charge is -2.25. The van der Waals surface area contributed by atoms with E-state index in [0.29, 0.717) is 5.69 Å². The van der Waals surface area contributed by atoms with Gasteiger partial charge in [-0.05, 0) is 81.6 Å². The van der Waals surface area contributed by atoms with E-state index in [1.54, 1.807) is 30.5 Å². The fourth-order valence-corrected chi connectivity index (χ4v) is 5.95. The van der Waals surface area contributed by atoms with Crippen molar-refractivity contribution in [3.05, 3.63) is 113 Å². The number of aromatic nitrogens is 1. The van der Waals surface area contributed by atoms with Crippen molar-refractivity contribution in [1.82, 2.24) is 9.99 Å². The molecule has 4 aromatic rings. The van der Waals surface area contributed by atoms with Gasteiger partial charge in [-0.2, -0.15) is 5.10 Å². The van der Waals surface area contributed by atoms with E-state index in [0.717, 1.165) is 43.6 Å². The fraction of sp³-hybridized carbons (Fsp3) is 0.200. The molecule has 3 aromatic carbocycles. The van der Waals surface area contributed by atoms with E-state index in [2.05, 4.69) is 34.2 Å². The summed E-state index contributed by atoms with van der Waals surface area (Å²) in [5, 5.41) is 4.16. The number of sulfonamides is 1. The molecule has 196 valence electrons. The average molecular weight is 529 g/mol. The van der Waals surface area contributed by atoms with Crippen LogP contribution < -0.4 is 9.73 Å². The summed E-state index contributed by atoms with van der Waals surface area (Å²) < 4.78 is 30.4. The quantitative estimate of drug-likeness (QED) is 0.247. The first-order chi connectivity index (χ1) is 18.1. The van der Waals surface area contributed by atoms with Crippen LogP contribution in [-0.4, -0.2) is 31.7 Å². The molecule has 1 N–H and O–H groups in total. The molecule has 0 unspecified atom stereocenters. The van der Waals surface area contributed by atoms with E-state index in [1.807, 2.05) is 58.0 Å². The third kappa shape index (κ3) is 5.55. The Balaban J connectivity index is 1.58. The maximum atomic E-state index is 13.6. The van der Waals surface area contributed by atoms with Crippen LogP contribution in [0.2, 0.25) is 0 Å². The standard InChI is InChI=1S/C30H32N4O3S/c1-21-15-16-23(3)29(17-21)33(38(36,37)27-12-7-6-8-13-27)20-30(35)32-31-19-26-18-24(4)34(25(26)5)28-14-10-9-11-22(28)2/h6-19H,20H2,1-5H3,(H,32,35)/b31-19-. The fourth-order valence-electron chi connectivity index (χ4n) is 4.45. The monoisotopic (exact) mass is 528 g/mol. The first-order valence-electron chi connectivity index (χ1n) is 12.3. The number of amides is 1. The van der Waals surface area contributed by atoms with Crippen molar-refractivity contribution < 1.29 is 13.2 Å². The minimum atomic E-state index is -3.99. The molecule has 0 bridgehead atoms. The van der Waals surface area contributed by atoms with Crippen LogP contribution in [0, 0.1) is 34.6 Å². The van der Waals surface area contributed by atoms with Gasteiger partial charge in [-0.3, -0.25) is 9.10 Å². The molecule has 4 rings (SSSR count). The van der Waals surface area contributed by atoms with Gasteiger partial charge in [0.1, 0.15) is 6.54 Å². The predicted molar refractivity (Wildman–Crippen MR) is 153 cm³/mol. The van der Waals surface area contributed by atoms with Crippen molar-refractivity contribution in [2.75, 3.05) is 10.8 Å². The SMILES string of the molecule is Cc1ccc(C)c(N(CC(=O)N/N=C\c2cc(C)n(-c3ccccc3C)c2C)S(=O)(=O)c2ccccc2)c1. The zero-order valence-electron chi connectivity index (χ0n) is 22.3. The summed E-state index contributed by atoms with van der Waals surface area (Å²) in [4.78, 5) is 13.1. The van der Waals surface area contributed by atoms with Crippen LogP contribution in [0.3, 0.4) is 0 Å². The number of para-hydroxylation sites is 1. The lowest BCUT2D eigenvalue weighted by Crippen LogP contribution is -2.40. The highest BCUT2D eigenvalue weighted by Gasteiger charge is 2.28. The molecule has 1 heterocycles. The van der Waals surface area contributed by atoms with Gasteiger partial charge >= 0.3 is 0 Å². The molecule has 0 atom stereocenters. The van der Waals surface area contributed by atoms with Crippen LogP contribution in [0.4, 0.5) is 5.69 Å². The molecule has 0 saturated heterocycles. The highest BCUT2D eigenvalue weighted by Crippen LogP contribution is 2.28. The van der Waals surface area contributed by atoms with Gasteiger partial charge < -0.3 is 4.57 Å². The van der Waals surface area contributed by atoms with Gasteiger partial charge in [0.2, 0.25) is 0 Å². The number of carbonyl (C=O) groups excluding carboxylic acids is 1. The summed E-state index contributed by atoms with van der Waals surface area (Å²) >= 11 is 0. The van der Waals surface area contributed by atoms with Crippen LogP contribution in [0.25, 0.3) is 5.69 Å². The van der Waals surface area contributed by atoms with Gasteiger partial charge in [0.25, 0.3) is 15.9 Å². The van der Waals surface area contributed by atoms with Crippen molar-refractivity contribution in [2.45, 2.75) is 39.5 Å². The molecular formula is C30H32N4O3S. The molecule has 1 amide bonds. The summed E-state index contributed by atoms with van der Waals surface area (Å²) in [5.74, 6) is -0.547. The van der Waals surface area contributed by atoms with Crippen molar-refractivity contribution in [2.24, 2.45) is 5.10 Å². The van der Waals surface area contributed by atoms with Gasteiger partial charge in [-0.1, -0.05) is 48.5 Å². The Labute approximate surface area is 224 Å². The molecule has 0 aliphatic heterocycles. The first-order valence-corrected chi connectivity index (χ1v) is 13.8. The minimum absolute atomic E-state index is 0.112. The van der Waals surface area contributed by atoms with Gasteiger partial charge in [0.15, 0.2) is 0 Å². The van der Waals surface area contributed by atoms with Crippen LogP contribution in [0.5, 0.6) is 0 Å². The second-order valence-corrected chi connectivity index (χ2v) is 11.2. The van der Waals surface area contributed by atoms with Gasteiger partial charge in [0, 0.05) is 22.6 Å². The first kappa shape index (κ1) is 26.9. The number of benzene rings is 3. The summed E-state index contributed by atoms with van der Waals surface area (Å²) in [6.07, 6.45) is 1.59. The Morgan fingerprint density at radius 3 is 2.29 bits per heavy atom. The smallest absolute Gasteiger partial charge is 0.264 e. The Hall–Kier alpha value is -4.17.